The summed E-state index contributed by atoms with van der Waals surface area (Å²) >= 11 is 6.43. The summed E-state index contributed by atoms with van der Waals surface area (Å²) in [5.74, 6) is -0.482. The van der Waals surface area contributed by atoms with Crippen LogP contribution < -0.4 is 0 Å². The first-order chi connectivity index (χ1) is 16.0. The Balaban J connectivity index is 1.37. The quantitative estimate of drug-likeness (QED) is 0.308. The molecule has 2 aromatic carbocycles. The van der Waals surface area contributed by atoms with Crippen LogP contribution in [0.25, 0.3) is 10.9 Å². The van der Waals surface area contributed by atoms with Crippen LogP contribution in [0.3, 0.4) is 0 Å². The molecule has 2 fully saturated rings. The first kappa shape index (κ1) is 20.4. The molecule has 3 aliphatic carbocycles. The lowest BCUT2D eigenvalue weighted by molar-refractivity contribution is -0.140. The van der Waals surface area contributed by atoms with Gasteiger partial charge in [0.1, 0.15) is 0 Å². The molecule has 2 amide bonds. The summed E-state index contributed by atoms with van der Waals surface area (Å²) in [5.41, 5.74) is 4.02. The average Bonchev–Trinajstić information content (AvgIpc) is 3.26. The van der Waals surface area contributed by atoms with Gasteiger partial charge in [0.05, 0.1) is 18.1 Å². The Bertz CT molecular complexity index is 1320. The van der Waals surface area contributed by atoms with Crippen molar-refractivity contribution >= 4 is 40.5 Å². The van der Waals surface area contributed by atoms with Crippen molar-refractivity contribution in [3.05, 3.63) is 82.5 Å². The zero-order valence-corrected chi connectivity index (χ0v) is 19.1. The Morgan fingerprint density at radius 1 is 0.970 bits per heavy atom. The Kier molecular flexibility index (Phi) is 4.77. The lowest BCUT2D eigenvalue weighted by Gasteiger charge is -2.37. The number of rotatable bonds is 4. The molecular formula is C27H24ClN3O2. The van der Waals surface area contributed by atoms with E-state index in [9.17, 15) is 9.59 Å². The van der Waals surface area contributed by atoms with Crippen molar-refractivity contribution in [3.8, 4) is 0 Å². The van der Waals surface area contributed by atoms with Gasteiger partial charge in [-0.05, 0) is 49.3 Å². The highest BCUT2D eigenvalue weighted by Crippen LogP contribution is 2.49. The summed E-state index contributed by atoms with van der Waals surface area (Å²) in [7, 11) is 0. The highest BCUT2D eigenvalue weighted by molar-refractivity contribution is 6.31. The monoisotopic (exact) mass is 457 g/mol. The van der Waals surface area contributed by atoms with Gasteiger partial charge in [0, 0.05) is 33.7 Å². The standard InChI is InChI=1S/C27H24ClN3O2/c1-16-21(14-29-31-26(32)24-17-10-11-18(13-12-17)25(24)27(31)33)20-7-3-5-9-23(20)30(16)15-19-6-2-4-8-22(19)28/h2-11,14,17-18,24-25H,12-13,15H2,1H3/b29-14-/t17-,18-,24-,25+/m0/s1. The van der Waals surface area contributed by atoms with E-state index in [2.05, 4.69) is 27.9 Å². The SMILES string of the molecule is Cc1c(/C=N\N2C(=O)[C@@H]3[C@H](C2=O)[C@H]2C=C[C@H]3CC2)c2ccccc2n1Cc1ccccc1Cl. The van der Waals surface area contributed by atoms with Crippen molar-refractivity contribution in [2.24, 2.45) is 28.8 Å². The lowest BCUT2D eigenvalue weighted by Crippen LogP contribution is -2.38. The van der Waals surface area contributed by atoms with Gasteiger partial charge in [-0.1, -0.05) is 60.2 Å². The predicted octanol–water partition coefficient (Wildman–Crippen LogP) is 5.18. The molecule has 4 atom stereocenters. The van der Waals surface area contributed by atoms with Gasteiger partial charge in [-0.15, -0.1) is 0 Å². The number of hydrogen-bond donors (Lipinski definition) is 0. The van der Waals surface area contributed by atoms with Crippen LogP contribution in [-0.2, 0) is 16.1 Å². The van der Waals surface area contributed by atoms with Gasteiger partial charge in [0.15, 0.2) is 0 Å². The van der Waals surface area contributed by atoms with Crippen molar-refractivity contribution < 1.29 is 9.59 Å². The summed E-state index contributed by atoms with van der Waals surface area (Å²) in [6, 6.07) is 15.9. The number of allylic oxidation sites excluding steroid dienone is 2. The zero-order chi connectivity index (χ0) is 22.7. The zero-order valence-electron chi connectivity index (χ0n) is 18.3. The van der Waals surface area contributed by atoms with Crippen LogP contribution in [0.5, 0.6) is 0 Å². The van der Waals surface area contributed by atoms with Crippen molar-refractivity contribution in [1.82, 2.24) is 9.58 Å². The van der Waals surface area contributed by atoms with Crippen LogP contribution >= 0.6 is 11.6 Å². The number of carbonyl (C=O) groups is 2. The van der Waals surface area contributed by atoms with Crippen molar-refractivity contribution in [3.63, 3.8) is 0 Å². The second-order valence-corrected chi connectivity index (χ2v) is 9.68. The van der Waals surface area contributed by atoms with Gasteiger partial charge in [0.25, 0.3) is 11.8 Å². The Hall–Kier alpha value is -3.18. The van der Waals surface area contributed by atoms with Crippen molar-refractivity contribution in [2.75, 3.05) is 0 Å². The highest BCUT2D eigenvalue weighted by atomic mass is 35.5. The van der Waals surface area contributed by atoms with Gasteiger partial charge in [0.2, 0.25) is 0 Å². The van der Waals surface area contributed by atoms with E-state index in [-0.39, 0.29) is 35.5 Å². The molecule has 7 rings (SSSR count). The Morgan fingerprint density at radius 2 is 1.61 bits per heavy atom. The molecule has 166 valence electrons. The fourth-order valence-corrected chi connectivity index (χ4v) is 6.10. The lowest BCUT2D eigenvalue weighted by atomic mass is 9.63. The topological polar surface area (TPSA) is 54.7 Å². The molecule has 3 aromatic rings. The van der Waals surface area contributed by atoms with Gasteiger partial charge in [-0.2, -0.15) is 10.1 Å². The second-order valence-electron chi connectivity index (χ2n) is 9.27. The maximum Gasteiger partial charge on any atom is 0.254 e. The number of benzene rings is 2. The van der Waals surface area contributed by atoms with Crippen molar-refractivity contribution in [1.29, 1.82) is 0 Å². The van der Waals surface area contributed by atoms with Gasteiger partial charge in [-0.3, -0.25) is 9.59 Å². The van der Waals surface area contributed by atoms with E-state index in [0.717, 1.165) is 50.6 Å². The number of fused-ring (bicyclic) bond motifs is 2. The van der Waals surface area contributed by atoms with Crippen LogP contribution in [0.15, 0.2) is 65.8 Å². The highest BCUT2D eigenvalue weighted by Gasteiger charge is 2.56. The maximum absolute atomic E-state index is 13.1. The first-order valence-corrected chi connectivity index (χ1v) is 11.8. The van der Waals surface area contributed by atoms with Gasteiger partial charge >= 0.3 is 0 Å². The molecule has 1 saturated carbocycles. The summed E-state index contributed by atoms with van der Waals surface area (Å²) in [4.78, 5) is 26.3. The second kappa shape index (κ2) is 7.70. The van der Waals surface area contributed by atoms with Gasteiger partial charge in [-0.25, -0.2) is 0 Å². The number of imide groups is 1. The molecule has 0 unspecified atom stereocenters. The van der Waals surface area contributed by atoms with Gasteiger partial charge < -0.3 is 4.57 Å². The molecule has 4 aliphatic rings. The van der Waals surface area contributed by atoms with E-state index in [1.807, 2.05) is 49.4 Å². The Labute approximate surface area is 197 Å². The average molecular weight is 458 g/mol. The molecule has 0 N–H and O–H groups in total. The molecule has 2 heterocycles. The predicted molar refractivity (Wildman–Crippen MR) is 129 cm³/mol. The molecule has 1 saturated heterocycles. The summed E-state index contributed by atoms with van der Waals surface area (Å²) < 4.78 is 2.20. The fourth-order valence-electron chi connectivity index (χ4n) is 5.91. The number of nitrogens with zero attached hydrogens (tertiary/aromatic N) is 3. The van der Waals surface area contributed by atoms with Crippen molar-refractivity contribution in [2.45, 2.75) is 26.3 Å². The molecule has 2 bridgehead atoms. The fraction of sp³-hybridized carbons (Fsp3) is 0.296. The molecule has 0 radical (unpaired) electrons. The van der Waals surface area contributed by atoms with E-state index >= 15 is 0 Å². The third kappa shape index (κ3) is 3.10. The molecule has 5 nitrogen and oxygen atoms in total. The minimum Gasteiger partial charge on any atom is -0.340 e. The number of halogens is 1. The smallest absolute Gasteiger partial charge is 0.254 e. The largest absolute Gasteiger partial charge is 0.340 e. The molecule has 1 aliphatic heterocycles. The Morgan fingerprint density at radius 3 is 2.27 bits per heavy atom. The van der Waals surface area contributed by atoms with Crippen LogP contribution in [0, 0.1) is 30.6 Å². The molecule has 6 heteroatoms. The number of carbonyl (C=O) groups excluding carboxylic acids is 2. The summed E-state index contributed by atoms with van der Waals surface area (Å²) in [6.07, 6.45) is 7.89. The molecule has 33 heavy (non-hydrogen) atoms. The number of hydrazone groups is 1. The molecule has 0 spiro atoms. The third-order valence-corrected chi connectivity index (χ3v) is 7.97. The number of hydrogen-bond acceptors (Lipinski definition) is 3. The van der Waals surface area contributed by atoms with E-state index in [1.54, 1.807) is 6.21 Å². The summed E-state index contributed by atoms with van der Waals surface area (Å²) in [6.45, 7) is 2.66. The van der Waals surface area contributed by atoms with E-state index in [1.165, 1.54) is 0 Å². The minimum absolute atomic E-state index is 0.155. The minimum atomic E-state index is -0.249. The number of aromatic nitrogens is 1. The van der Waals surface area contributed by atoms with Crippen LogP contribution in [-0.4, -0.2) is 27.6 Å². The van der Waals surface area contributed by atoms with Crippen LogP contribution in [0.4, 0.5) is 0 Å². The first-order valence-electron chi connectivity index (χ1n) is 11.5. The number of amides is 2. The summed E-state index contributed by atoms with van der Waals surface area (Å²) in [5, 5.41) is 7.36. The maximum atomic E-state index is 13.1. The van der Waals surface area contributed by atoms with Crippen LogP contribution in [0.1, 0.15) is 29.7 Å². The third-order valence-electron chi connectivity index (χ3n) is 7.60. The van der Waals surface area contributed by atoms with E-state index < -0.39 is 0 Å². The van der Waals surface area contributed by atoms with E-state index in [4.69, 9.17) is 11.6 Å². The molecular weight excluding hydrogens is 434 g/mol. The van der Waals surface area contributed by atoms with Crippen LogP contribution in [0.2, 0.25) is 5.02 Å². The van der Waals surface area contributed by atoms with E-state index in [0.29, 0.717) is 6.54 Å². The number of para-hydroxylation sites is 1. The normalized spacial score (nSPS) is 26.2. The molecule has 1 aromatic heterocycles.